The molecule has 2 atom stereocenters. The summed E-state index contributed by atoms with van der Waals surface area (Å²) >= 11 is 0. The first-order valence-corrected chi connectivity index (χ1v) is 3.96. The summed E-state index contributed by atoms with van der Waals surface area (Å²) in [6, 6.07) is -0.265. The van der Waals surface area contributed by atoms with Crippen molar-refractivity contribution in [3.63, 3.8) is 0 Å². The normalized spacial score (nSPS) is 16.1. The van der Waals surface area contributed by atoms with Crippen molar-refractivity contribution in [2.75, 3.05) is 0 Å². The van der Waals surface area contributed by atoms with Crippen LogP contribution in [0.1, 0.15) is 24.3 Å². The third kappa shape index (κ3) is 1.49. The van der Waals surface area contributed by atoms with E-state index < -0.39 is 6.10 Å². The third-order valence-electron chi connectivity index (χ3n) is 1.96. The molecule has 0 amide bonds. The lowest BCUT2D eigenvalue weighted by molar-refractivity contribution is 0.143. The molecular weight excluding hydrogens is 154 g/mol. The van der Waals surface area contributed by atoms with Crippen molar-refractivity contribution >= 4 is 0 Å². The highest BCUT2D eigenvalue weighted by molar-refractivity contribution is 5.18. The fourth-order valence-electron chi connectivity index (χ4n) is 1.23. The van der Waals surface area contributed by atoms with Crippen LogP contribution < -0.4 is 5.73 Å². The van der Waals surface area contributed by atoms with E-state index in [0.717, 1.165) is 11.3 Å². The molecule has 0 bridgehead atoms. The monoisotopic (exact) mass is 169 g/mol. The number of hydrogen-bond donors (Lipinski definition) is 2. The fourth-order valence-corrected chi connectivity index (χ4v) is 1.23. The molecule has 0 aliphatic rings. The van der Waals surface area contributed by atoms with Gasteiger partial charge in [0.25, 0.3) is 0 Å². The first kappa shape index (κ1) is 9.22. The second kappa shape index (κ2) is 3.25. The smallest absolute Gasteiger partial charge is 0.111 e. The number of rotatable bonds is 2. The SMILES string of the molecule is Cc1cnn(C)c1C(O)C(C)N. The van der Waals surface area contributed by atoms with Gasteiger partial charge in [-0.25, -0.2) is 0 Å². The number of aliphatic hydroxyl groups is 1. The molecular formula is C8H15N3O. The Hall–Kier alpha value is -0.870. The molecule has 0 spiro atoms. The molecule has 1 aromatic rings. The van der Waals surface area contributed by atoms with Gasteiger partial charge in [-0.1, -0.05) is 0 Å². The summed E-state index contributed by atoms with van der Waals surface area (Å²) in [6.07, 6.45) is 1.10. The van der Waals surface area contributed by atoms with E-state index in [1.807, 2.05) is 6.92 Å². The number of nitrogens with zero attached hydrogens (tertiary/aromatic N) is 2. The van der Waals surface area contributed by atoms with E-state index in [1.165, 1.54) is 0 Å². The Morgan fingerprint density at radius 2 is 2.25 bits per heavy atom. The van der Waals surface area contributed by atoms with Crippen LogP contribution in [-0.2, 0) is 7.05 Å². The molecule has 12 heavy (non-hydrogen) atoms. The van der Waals surface area contributed by atoms with Crippen LogP contribution >= 0.6 is 0 Å². The van der Waals surface area contributed by atoms with Crippen LogP contribution in [-0.4, -0.2) is 20.9 Å². The predicted molar refractivity (Wildman–Crippen MR) is 46.6 cm³/mol. The van der Waals surface area contributed by atoms with Crippen molar-refractivity contribution in [1.82, 2.24) is 9.78 Å². The Kier molecular flexibility index (Phi) is 2.49. The van der Waals surface area contributed by atoms with Gasteiger partial charge in [0.2, 0.25) is 0 Å². The van der Waals surface area contributed by atoms with E-state index in [2.05, 4.69) is 5.10 Å². The predicted octanol–water partition coefficient (Wildman–Crippen LogP) is 0.109. The largest absolute Gasteiger partial charge is 0.385 e. The highest BCUT2D eigenvalue weighted by atomic mass is 16.3. The van der Waals surface area contributed by atoms with E-state index in [0.29, 0.717) is 0 Å². The Morgan fingerprint density at radius 3 is 2.58 bits per heavy atom. The van der Waals surface area contributed by atoms with E-state index in [9.17, 15) is 5.11 Å². The lowest BCUT2D eigenvalue weighted by atomic mass is 10.1. The zero-order valence-corrected chi connectivity index (χ0v) is 7.65. The number of hydrogen-bond acceptors (Lipinski definition) is 3. The van der Waals surface area contributed by atoms with E-state index >= 15 is 0 Å². The highest BCUT2D eigenvalue weighted by Crippen LogP contribution is 2.18. The summed E-state index contributed by atoms with van der Waals surface area (Å²) in [6.45, 7) is 3.69. The zero-order valence-electron chi connectivity index (χ0n) is 7.65. The maximum Gasteiger partial charge on any atom is 0.111 e. The molecule has 0 radical (unpaired) electrons. The van der Waals surface area contributed by atoms with Crippen LogP contribution in [0.5, 0.6) is 0 Å². The zero-order chi connectivity index (χ0) is 9.30. The van der Waals surface area contributed by atoms with Gasteiger partial charge in [-0.3, -0.25) is 4.68 Å². The standard InChI is InChI=1S/C8H15N3O/c1-5-4-10-11(3)7(5)8(12)6(2)9/h4,6,8,12H,9H2,1-3H3. The van der Waals surface area contributed by atoms with Gasteiger partial charge < -0.3 is 10.8 Å². The van der Waals surface area contributed by atoms with Gasteiger partial charge in [0, 0.05) is 13.1 Å². The molecule has 0 aliphatic carbocycles. The van der Waals surface area contributed by atoms with Gasteiger partial charge >= 0.3 is 0 Å². The molecule has 0 aliphatic heterocycles. The van der Waals surface area contributed by atoms with Crippen LogP contribution in [0.25, 0.3) is 0 Å². The van der Waals surface area contributed by atoms with Crippen LogP contribution in [0.4, 0.5) is 0 Å². The number of nitrogens with two attached hydrogens (primary N) is 1. The number of aliphatic hydroxyl groups excluding tert-OH is 1. The summed E-state index contributed by atoms with van der Waals surface area (Å²) in [7, 11) is 1.80. The molecule has 0 aromatic carbocycles. The first-order chi connectivity index (χ1) is 5.54. The molecule has 1 aromatic heterocycles. The van der Waals surface area contributed by atoms with Gasteiger partial charge in [0.05, 0.1) is 11.9 Å². The summed E-state index contributed by atoms with van der Waals surface area (Å²) < 4.78 is 1.66. The summed E-state index contributed by atoms with van der Waals surface area (Å²) in [4.78, 5) is 0. The Labute approximate surface area is 72.0 Å². The Balaban J connectivity index is 3.00. The second-order valence-electron chi connectivity index (χ2n) is 3.14. The van der Waals surface area contributed by atoms with Crippen LogP contribution in [0.15, 0.2) is 6.20 Å². The molecule has 2 unspecified atom stereocenters. The quantitative estimate of drug-likeness (QED) is 0.660. The summed E-state index contributed by atoms with van der Waals surface area (Å²) in [5, 5.41) is 13.7. The van der Waals surface area contributed by atoms with Crippen molar-refractivity contribution in [3.8, 4) is 0 Å². The lowest BCUT2D eigenvalue weighted by Crippen LogP contribution is -2.26. The van der Waals surface area contributed by atoms with Crippen LogP contribution in [0.3, 0.4) is 0 Å². The maximum absolute atomic E-state index is 9.66. The second-order valence-corrected chi connectivity index (χ2v) is 3.14. The summed E-state index contributed by atoms with van der Waals surface area (Å²) in [5.74, 6) is 0. The van der Waals surface area contributed by atoms with Crippen LogP contribution in [0.2, 0.25) is 0 Å². The minimum absolute atomic E-state index is 0.265. The molecule has 0 saturated heterocycles. The highest BCUT2D eigenvalue weighted by Gasteiger charge is 2.18. The van der Waals surface area contributed by atoms with E-state index in [1.54, 1.807) is 24.9 Å². The minimum Gasteiger partial charge on any atom is -0.385 e. The molecule has 68 valence electrons. The van der Waals surface area contributed by atoms with Crippen LogP contribution in [0, 0.1) is 6.92 Å². The molecule has 0 saturated carbocycles. The maximum atomic E-state index is 9.66. The van der Waals surface area contributed by atoms with Crippen molar-refractivity contribution in [3.05, 3.63) is 17.5 Å². The fraction of sp³-hybridized carbons (Fsp3) is 0.625. The van der Waals surface area contributed by atoms with Gasteiger partial charge in [-0.15, -0.1) is 0 Å². The Bertz CT molecular complexity index is 248. The molecule has 1 rings (SSSR count). The number of aryl methyl sites for hydroxylation is 2. The van der Waals surface area contributed by atoms with Gasteiger partial charge in [-0.05, 0) is 19.4 Å². The van der Waals surface area contributed by atoms with E-state index in [4.69, 9.17) is 5.73 Å². The topological polar surface area (TPSA) is 64.1 Å². The summed E-state index contributed by atoms with van der Waals surface area (Å²) in [5.41, 5.74) is 7.34. The molecule has 3 N–H and O–H groups in total. The van der Waals surface area contributed by atoms with Gasteiger partial charge in [0.1, 0.15) is 6.10 Å². The number of aromatic nitrogens is 2. The third-order valence-corrected chi connectivity index (χ3v) is 1.96. The minimum atomic E-state index is -0.627. The van der Waals surface area contributed by atoms with Crippen molar-refractivity contribution in [1.29, 1.82) is 0 Å². The Morgan fingerprint density at radius 1 is 1.67 bits per heavy atom. The average Bonchev–Trinajstić information content (AvgIpc) is 2.30. The lowest BCUT2D eigenvalue weighted by Gasteiger charge is -2.15. The van der Waals surface area contributed by atoms with Crippen molar-refractivity contribution in [2.45, 2.75) is 26.0 Å². The molecule has 4 heteroatoms. The van der Waals surface area contributed by atoms with E-state index in [-0.39, 0.29) is 6.04 Å². The van der Waals surface area contributed by atoms with Gasteiger partial charge in [-0.2, -0.15) is 5.10 Å². The van der Waals surface area contributed by atoms with Crippen molar-refractivity contribution < 1.29 is 5.11 Å². The molecule has 1 heterocycles. The molecule has 0 fully saturated rings. The first-order valence-electron chi connectivity index (χ1n) is 3.96. The average molecular weight is 169 g/mol. The van der Waals surface area contributed by atoms with Crippen molar-refractivity contribution in [2.24, 2.45) is 12.8 Å². The van der Waals surface area contributed by atoms with Gasteiger partial charge in [0.15, 0.2) is 0 Å². The molecule has 4 nitrogen and oxygen atoms in total.